The van der Waals surface area contributed by atoms with Crippen LogP contribution < -0.4 is 10.4 Å². The summed E-state index contributed by atoms with van der Waals surface area (Å²) in [5.74, 6) is -1.89. The molecule has 0 bridgehead atoms. The Morgan fingerprint density at radius 3 is 2.06 bits per heavy atom. The fourth-order valence-corrected chi connectivity index (χ4v) is 1.29. The molecule has 0 saturated carbocycles. The molecule has 1 heterocycles. The molecule has 1 aliphatic heterocycles. The third kappa shape index (κ3) is 8.61. The second-order valence-electron chi connectivity index (χ2n) is 5.01. The van der Waals surface area contributed by atoms with Gasteiger partial charge in [-0.3, -0.25) is 4.79 Å². The third-order valence-corrected chi connectivity index (χ3v) is 2.01. The lowest BCUT2D eigenvalue weighted by molar-refractivity contribution is -0.864. The molecule has 17 heavy (non-hydrogen) atoms. The molecule has 1 fully saturated rings. The van der Waals surface area contributed by atoms with Crippen LogP contribution in [0.3, 0.4) is 0 Å². The summed E-state index contributed by atoms with van der Waals surface area (Å²) >= 11 is 0. The first-order valence-corrected chi connectivity index (χ1v) is 5.26. The van der Waals surface area contributed by atoms with Crippen LogP contribution in [0, 0.1) is 0 Å². The highest BCUT2D eigenvalue weighted by Crippen LogP contribution is 2.05. The summed E-state index contributed by atoms with van der Waals surface area (Å²) in [7, 11) is 5.40. The van der Waals surface area contributed by atoms with Crippen LogP contribution in [-0.4, -0.2) is 73.0 Å². The SMILES string of the molecule is C[N+](C)(C)CC(=O)[O-].O=C(O)[C@@H]1CC(O)CN1. The first kappa shape index (κ1) is 15.8. The van der Waals surface area contributed by atoms with Crippen LogP contribution in [0.25, 0.3) is 0 Å². The number of rotatable bonds is 3. The number of β-amino-alcohol motifs (C(OH)–C–C–N with tert-alkyl or cyclic N) is 1. The summed E-state index contributed by atoms with van der Waals surface area (Å²) < 4.78 is 0.419. The highest BCUT2D eigenvalue weighted by atomic mass is 16.4. The highest BCUT2D eigenvalue weighted by molar-refractivity contribution is 5.73. The fourth-order valence-electron chi connectivity index (χ4n) is 1.29. The Morgan fingerprint density at radius 2 is 1.94 bits per heavy atom. The first-order chi connectivity index (χ1) is 7.61. The smallest absolute Gasteiger partial charge is 0.320 e. The largest absolute Gasteiger partial charge is 0.544 e. The van der Waals surface area contributed by atoms with E-state index in [4.69, 9.17) is 10.2 Å². The van der Waals surface area contributed by atoms with Gasteiger partial charge in [-0.25, -0.2) is 0 Å². The van der Waals surface area contributed by atoms with Crippen molar-refractivity contribution >= 4 is 11.9 Å². The molecule has 7 nitrogen and oxygen atoms in total. The number of hydrogen-bond donors (Lipinski definition) is 3. The number of hydrogen-bond acceptors (Lipinski definition) is 5. The minimum Gasteiger partial charge on any atom is -0.544 e. The van der Waals surface area contributed by atoms with E-state index in [9.17, 15) is 14.7 Å². The minimum atomic E-state index is -1.00. The molecule has 7 heteroatoms. The lowest BCUT2D eigenvalue weighted by Crippen LogP contribution is -2.45. The molecule has 0 aromatic carbocycles. The number of carbonyl (C=O) groups is 2. The van der Waals surface area contributed by atoms with Gasteiger partial charge in [-0.05, 0) is 0 Å². The normalized spacial score (nSPS) is 23.8. The molecule has 1 rings (SSSR count). The molecule has 100 valence electrons. The average molecular weight is 248 g/mol. The topological polar surface area (TPSA) is 110 Å². The molecule has 0 spiro atoms. The molecule has 0 amide bonds. The number of carbonyl (C=O) groups excluding carboxylic acids is 1. The standard InChI is InChI=1S/C5H9NO3.C5H11NO2/c7-3-1-4(5(8)9)6-2-3;1-6(2,3)4-5(7)8/h3-4,6-7H,1-2H2,(H,8,9);4H2,1-3H3/t3?,4-;/m0./s1. The van der Waals surface area contributed by atoms with Crippen LogP contribution >= 0.6 is 0 Å². The maximum atomic E-state index is 10.2. The predicted molar refractivity (Wildman–Crippen MR) is 58.0 cm³/mol. The maximum absolute atomic E-state index is 10.2. The van der Waals surface area contributed by atoms with Crippen molar-refractivity contribution in [1.82, 2.24) is 5.32 Å². The van der Waals surface area contributed by atoms with E-state index in [-0.39, 0.29) is 6.54 Å². The van der Waals surface area contributed by atoms with E-state index in [0.717, 1.165) is 0 Å². The molecular formula is C10H20N2O5. The van der Waals surface area contributed by atoms with Gasteiger partial charge in [0.25, 0.3) is 0 Å². The molecule has 0 aromatic rings. The van der Waals surface area contributed by atoms with Gasteiger partial charge in [0.1, 0.15) is 12.6 Å². The lowest BCUT2D eigenvalue weighted by atomic mass is 10.2. The number of carboxylic acids is 2. The van der Waals surface area contributed by atoms with E-state index in [1.54, 1.807) is 21.1 Å². The van der Waals surface area contributed by atoms with E-state index in [1.165, 1.54) is 0 Å². The van der Waals surface area contributed by atoms with Crippen LogP contribution in [0.4, 0.5) is 0 Å². The quantitative estimate of drug-likeness (QED) is 0.467. The Balaban J connectivity index is 0.000000304. The van der Waals surface area contributed by atoms with Crippen LogP contribution in [0.2, 0.25) is 0 Å². The van der Waals surface area contributed by atoms with Crippen molar-refractivity contribution in [2.75, 3.05) is 34.2 Å². The second-order valence-corrected chi connectivity index (χ2v) is 5.01. The van der Waals surface area contributed by atoms with E-state index in [2.05, 4.69) is 5.32 Å². The van der Waals surface area contributed by atoms with Crippen LogP contribution in [0.5, 0.6) is 0 Å². The molecule has 1 saturated heterocycles. The van der Waals surface area contributed by atoms with Gasteiger partial charge in [-0.2, -0.15) is 0 Å². The van der Waals surface area contributed by atoms with Gasteiger partial charge in [0, 0.05) is 13.0 Å². The number of aliphatic carboxylic acids is 2. The number of nitrogens with one attached hydrogen (secondary N) is 1. The molecule has 1 unspecified atom stereocenters. The van der Waals surface area contributed by atoms with Crippen molar-refractivity contribution in [3.63, 3.8) is 0 Å². The third-order valence-electron chi connectivity index (χ3n) is 2.01. The Hall–Kier alpha value is -1.18. The van der Waals surface area contributed by atoms with Crippen LogP contribution in [-0.2, 0) is 9.59 Å². The number of aliphatic hydroxyl groups is 1. The molecule has 0 radical (unpaired) electrons. The Labute approximate surface area is 100 Å². The van der Waals surface area contributed by atoms with E-state index < -0.39 is 24.1 Å². The van der Waals surface area contributed by atoms with Crippen LogP contribution in [0.1, 0.15) is 6.42 Å². The van der Waals surface area contributed by atoms with E-state index in [1.807, 2.05) is 0 Å². The van der Waals surface area contributed by atoms with Crippen molar-refractivity contribution in [2.24, 2.45) is 0 Å². The van der Waals surface area contributed by atoms with Crippen molar-refractivity contribution in [3.05, 3.63) is 0 Å². The lowest BCUT2D eigenvalue weighted by Gasteiger charge is -2.23. The summed E-state index contributed by atoms with van der Waals surface area (Å²) in [5, 5.41) is 29.7. The van der Waals surface area contributed by atoms with Crippen molar-refractivity contribution < 1.29 is 29.4 Å². The zero-order valence-corrected chi connectivity index (χ0v) is 10.3. The molecule has 0 aliphatic carbocycles. The van der Waals surface area contributed by atoms with Crippen molar-refractivity contribution in [1.29, 1.82) is 0 Å². The van der Waals surface area contributed by atoms with Gasteiger partial charge in [-0.1, -0.05) is 0 Å². The number of nitrogens with zero attached hydrogens (tertiary/aromatic N) is 1. The molecule has 3 N–H and O–H groups in total. The number of quaternary nitrogens is 1. The van der Waals surface area contributed by atoms with Gasteiger partial charge in [0.05, 0.1) is 33.2 Å². The Morgan fingerprint density at radius 1 is 1.41 bits per heavy atom. The molecule has 2 atom stereocenters. The van der Waals surface area contributed by atoms with Gasteiger partial charge >= 0.3 is 5.97 Å². The summed E-state index contributed by atoms with van der Waals surface area (Å²) in [6.07, 6.45) is -0.152. The Bertz CT molecular complexity index is 274. The molecule has 1 aliphatic rings. The molecule has 0 aromatic heterocycles. The zero-order valence-electron chi connectivity index (χ0n) is 10.3. The van der Waals surface area contributed by atoms with E-state index in [0.29, 0.717) is 17.4 Å². The van der Waals surface area contributed by atoms with Gasteiger partial charge in [0.15, 0.2) is 0 Å². The van der Waals surface area contributed by atoms with Gasteiger partial charge < -0.3 is 29.9 Å². The highest BCUT2D eigenvalue weighted by Gasteiger charge is 2.27. The predicted octanol–water partition coefficient (Wildman–Crippen LogP) is -2.76. The summed E-state index contributed by atoms with van der Waals surface area (Å²) in [4.78, 5) is 20.1. The monoisotopic (exact) mass is 248 g/mol. The van der Waals surface area contributed by atoms with Crippen molar-refractivity contribution in [2.45, 2.75) is 18.6 Å². The zero-order chi connectivity index (χ0) is 13.6. The van der Waals surface area contributed by atoms with Gasteiger partial charge in [-0.15, -0.1) is 0 Å². The average Bonchev–Trinajstić information content (AvgIpc) is 2.47. The van der Waals surface area contributed by atoms with Crippen LogP contribution in [0.15, 0.2) is 0 Å². The second kappa shape index (κ2) is 6.53. The fraction of sp³-hybridized carbons (Fsp3) is 0.800. The summed E-state index contributed by atoms with van der Waals surface area (Å²) in [6.45, 7) is 0.469. The summed E-state index contributed by atoms with van der Waals surface area (Å²) in [5.41, 5.74) is 0. The van der Waals surface area contributed by atoms with Crippen molar-refractivity contribution in [3.8, 4) is 0 Å². The number of aliphatic hydroxyl groups excluding tert-OH is 1. The minimum absolute atomic E-state index is 0.0694. The summed E-state index contributed by atoms with van der Waals surface area (Å²) in [6, 6.07) is -0.542. The number of carboxylic acid groups (broad SMARTS) is 2. The Kier molecular flexibility index (Phi) is 6.08. The van der Waals surface area contributed by atoms with E-state index >= 15 is 0 Å². The first-order valence-electron chi connectivity index (χ1n) is 5.26. The maximum Gasteiger partial charge on any atom is 0.320 e. The van der Waals surface area contributed by atoms with Gasteiger partial charge in [0.2, 0.25) is 0 Å². The molecular weight excluding hydrogens is 228 g/mol. The number of likely N-dealkylation sites (N-methyl/N-ethyl adjacent to an activating group) is 1.